The largest absolute Gasteiger partial charge is 0.477 e. The van der Waals surface area contributed by atoms with E-state index in [1.165, 1.54) is 0 Å². The van der Waals surface area contributed by atoms with Crippen LogP contribution in [0.5, 0.6) is 0 Å². The van der Waals surface area contributed by atoms with Gasteiger partial charge in [-0.05, 0) is 84.1 Å². The molecule has 4 atom stereocenters. The van der Waals surface area contributed by atoms with Gasteiger partial charge in [-0.3, -0.25) is 4.79 Å². The number of rotatable bonds is 6. The first-order chi connectivity index (χ1) is 17.5. The highest BCUT2D eigenvalue weighted by Gasteiger charge is 2.41. The van der Waals surface area contributed by atoms with E-state index in [1.807, 2.05) is 20.8 Å². The quantitative estimate of drug-likeness (QED) is 0.497. The number of hydrogen-bond donors (Lipinski definition) is 2. The van der Waals surface area contributed by atoms with Crippen molar-refractivity contribution in [1.82, 2.24) is 0 Å². The molecule has 2 N–H and O–H groups in total. The maximum atomic E-state index is 14.1. The molecular weight excluding hydrogens is 490 g/mol. The molecule has 0 bridgehead atoms. The molecule has 0 radical (unpaired) electrons. The molecule has 1 aromatic heterocycles. The molecule has 7 nitrogen and oxygen atoms in total. The fourth-order valence-electron chi connectivity index (χ4n) is 5.67. The maximum Gasteiger partial charge on any atom is 0.348 e. The number of aromatic carboxylic acids is 1. The highest BCUT2D eigenvalue weighted by Crippen LogP contribution is 2.39. The second kappa shape index (κ2) is 11.9. The number of carboxylic acids is 1. The average Bonchev–Trinajstić information content (AvgIpc) is 3.49. The molecule has 1 aromatic rings. The van der Waals surface area contributed by atoms with Gasteiger partial charge in [0.05, 0.1) is 41.4 Å². The molecule has 2 heterocycles. The van der Waals surface area contributed by atoms with Gasteiger partial charge >= 0.3 is 5.97 Å². The Morgan fingerprint density at radius 3 is 2.43 bits per heavy atom. The maximum absolute atomic E-state index is 14.1. The normalized spacial score (nSPS) is 30.4. The van der Waals surface area contributed by atoms with Crippen LogP contribution in [0.1, 0.15) is 93.6 Å². The van der Waals surface area contributed by atoms with Crippen molar-refractivity contribution in [3.8, 4) is 11.8 Å². The van der Waals surface area contributed by atoms with Crippen molar-refractivity contribution < 1.29 is 29.3 Å². The SMILES string of the molecule is C[C@@H]1CC[C@@H](C(=O)N(c2cc(C#CC(C)(C)C)sc2C(=O)O)[C@H]2CC[C@H](O[C@H]3CCOC3)CC2)[C@@H](O)C1. The number of carbonyl (C=O) groups is 2. The second-order valence-corrected chi connectivity index (χ2v) is 13.0. The number of nitrogens with zero attached hydrogens (tertiary/aromatic N) is 1. The van der Waals surface area contributed by atoms with Crippen LogP contribution in [0.25, 0.3) is 0 Å². The Morgan fingerprint density at radius 2 is 1.84 bits per heavy atom. The van der Waals surface area contributed by atoms with Gasteiger partial charge in [-0.15, -0.1) is 11.3 Å². The molecule has 0 unspecified atom stereocenters. The van der Waals surface area contributed by atoms with Gasteiger partial charge in [0.25, 0.3) is 0 Å². The zero-order chi connectivity index (χ0) is 26.7. The van der Waals surface area contributed by atoms with E-state index in [0.717, 1.165) is 56.5 Å². The second-order valence-electron chi connectivity index (χ2n) is 12.0. The lowest BCUT2D eigenvalue weighted by Crippen LogP contribution is -2.50. The van der Waals surface area contributed by atoms with Crippen LogP contribution in [0.3, 0.4) is 0 Å². The molecule has 0 spiro atoms. The van der Waals surface area contributed by atoms with Crippen LogP contribution in [0.15, 0.2) is 6.07 Å². The number of carboxylic acid groups (broad SMARTS) is 1. The summed E-state index contributed by atoms with van der Waals surface area (Å²) >= 11 is 1.12. The fraction of sp³-hybridized carbons (Fsp3) is 0.724. The van der Waals surface area contributed by atoms with Gasteiger partial charge in [0.15, 0.2) is 0 Å². The van der Waals surface area contributed by atoms with Crippen LogP contribution in [0, 0.1) is 29.1 Å². The molecule has 3 aliphatic rings. The highest BCUT2D eigenvalue weighted by molar-refractivity contribution is 7.15. The monoisotopic (exact) mass is 531 g/mol. The minimum Gasteiger partial charge on any atom is -0.477 e. The van der Waals surface area contributed by atoms with Gasteiger partial charge in [0.1, 0.15) is 4.88 Å². The van der Waals surface area contributed by atoms with Gasteiger partial charge < -0.3 is 24.6 Å². The first kappa shape index (κ1) is 28.1. The average molecular weight is 532 g/mol. The summed E-state index contributed by atoms with van der Waals surface area (Å²) < 4.78 is 11.7. The van der Waals surface area contributed by atoms with E-state index in [2.05, 4.69) is 18.8 Å². The summed E-state index contributed by atoms with van der Waals surface area (Å²) in [7, 11) is 0. The van der Waals surface area contributed by atoms with Crippen LogP contribution in [0.4, 0.5) is 5.69 Å². The third-order valence-corrected chi connectivity index (χ3v) is 8.67. The topological polar surface area (TPSA) is 96.3 Å². The van der Waals surface area contributed by atoms with Crippen LogP contribution in [-0.2, 0) is 14.3 Å². The lowest BCUT2D eigenvalue weighted by atomic mass is 9.79. The number of aliphatic hydroxyl groups is 1. The number of amides is 1. The van der Waals surface area contributed by atoms with Crippen molar-refractivity contribution in [2.75, 3.05) is 18.1 Å². The Hall–Kier alpha value is -1.92. The Kier molecular flexibility index (Phi) is 9.00. The van der Waals surface area contributed by atoms with E-state index in [-0.39, 0.29) is 34.4 Å². The smallest absolute Gasteiger partial charge is 0.348 e. The molecule has 3 fully saturated rings. The highest BCUT2D eigenvalue weighted by atomic mass is 32.1. The van der Waals surface area contributed by atoms with E-state index >= 15 is 0 Å². The van der Waals surface area contributed by atoms with Crippen molar-refractivity contribution in [2.24, 2.45) is 17.3 Å². The van der Waals surface area contributed by atoms with Crippen molar-refractivity contribution >= 4 is 28.9 Å². The zero-order valence-corrected chi connectivity index (χ0v) is 23.3. The molecule has 0 aromatic carbocycles. The minimum absolute atomic E-state index is 0.121. The first-order valence-electron chi connectivity index (χ1n) is 13.7. The molecule has 2 saturated carbocycles. The Labute approximate surface area is 224 Å². The van der Waals surface area contributed by atoms with Gasteiger partial charge in [-0.2, -0.15) is 0 Å². The Balaban J connectivity index is 1.62. The van der Waals surface area contributed by atoms with E-state index in [4.69, 9.17) is 9.47 Å². The number of ether oxygens (including phenoxy) is 2. The predicted molar refractivity (Wildman–Crippen MR) is 144 cm³/mol. The Morgan fingerprint density at radius 1 is 1.11 bits per heavy atom. The molecular formula is C29H41NO6S. The third-order valence-electron chi connectivity index (χ3n) is 7.64. The molecule has 8 heteroatoms. The summed E-state index contributed by atoms with van der Waals surface area (Å²) in [5, 5.41) is 20.9. The van der Waals surface area contributed by atoms with Gasteiger partial charge in [-0.1, -0.05) is 18.8 Å². The predicted octanol–water partition coefficient (Wildman–Crippen LogP) is 5.09. The van der Waals surface area contributed by atoms with Gasteiger partial charge in [-0.25, -0.2) is 4.79 Å². The lowest BCUT2D eigenvalue weighted by Gasteiger charge is -2.41. The Bertz CT molecular complexity index is 1020. The minimum atomic E-state index is -1.06. The van der Waals surface area contributed by atoms with Crippen LogP contribution < -0.4 is 4.90 Å². The van der Waals surface area contributed by atoms with Crippen molar-refractivity contribution in [3.05, 3.63) is 15.8 Å². The van der Waals surface area contributed by atoms with E-state index in [9.17, 15) is 19.8 Å². The summed E-state index contributed by atoms with van der Waals surface area (Å²) in [5.74, 6) is 4.93. The van der Waals surface area contributed by atoms with Crippen LogP contribution in [-0.4, -0.2) is 59.7 Å². The van der Waals surface area contributed by atoms with E-state index < -0.39 is 18.0 Å². The summed E-state index contributed by atoms with van der Waals surface area (Å²) in [5.41, 5.74) is 0.189. The van der Waals surface area contributed by atoms with Crippen LogP contribution >= 0.6 is 11.3 Å². The number of anilines is 1. The van der Waals surface area contributed by atoms with Crippen molar-refractivity contribution in [3.63, 3.8) is 0 Å². The number of aliphatic hydroxyl groups excluding tert-OH is 1. The first-order valence-corrected chi connectivity index (χ1v) is 14.5. The standard InChI is InChI=1S/C29H41NO6S/c1-18-5-10-23(25(31)15-18)27(32)30(19-6-8-20(9-7-19)36-21-12-14-35-17-21)24-16-22(11-13-29(2,3)4)37-26(24)28(33)34/h16,18-21,23,25,31H,5-10,12,14-15,17H2,1-4H3,(H,33,34)/t18-,19-,20-,21+,23-,25+/m1/s1. The summed E-state index contributed by atoms with van der Waals surface area (Å²) in [4.78, 5) is 28.9. The van der Waals surface area contributed by atoms with Gasteiger partial charge in [0, 0.05) is 18.1 Å². The molecule has 37 heavy (non-hydrogen) atoms. The molecule has 4 rings (SSSR count). The zero-order valence-electron chi connectivity index (χ0n) is 22.5. The van der Waals surface area contributed by atoms with Crippen molar-refractivity contribution in [1.29, 1.82) is 0 Å². The number of hydrogen-bond acceptors (Lipinski definition) is 6. The summed E-state index contributed by atoms with van der Waals surface area (Å²) in [6.07, 6.45) is 5.59. The molecule has 1 saturated heterocycles. The van der Waals surface area contributed by atoms with E-state index in [0.29, 0.717) is 35.9 Å². The third kappa shape index (κ3) is 7.14. The van der Waals surface area contributed by atoms with Crippen LogP contribution in [0.2, 0.25) is 0 Å². The number of carbonyl (C=O) groups excluding carboxylic acids is 1. The summed E-state index contributed by atoms with van der Waals surface area (Å²) in [6, 6.07) is 1.62. The molecule has 204 valence electrons. The fourth-order valence-corrected chi connectivity index (χ4v) is 6.51. The van der Waals surface area contributed by atoms with Crippen molar-refractivity contribution in [2.45, 2.75) is 103 Å². The summed E-state index contributed by atoms with van der Waals surface area (Å²) in [6.45, 7) is 9.49. The van der Waals surface area contributed by atoms with E-state index in [1.54, 1.807) is 11.0 Å². The lowest BCUT2D eigenvalue weighted by molar-refractivity contribution is -0.129. The number of thiophene rings is 1. The van der Waals surface area contributed by atoms with Gasteiger partial charge in [0.2, 0.25) is 5.91 Å². The molecule has 2 aliphatic carbocycles. The molecule has 1 amide bonds. The molecule has 1 aliphatic heterocycles.